The van der Waals surface area contributed by atoms with Crippen molar-refractivity contribution in [3.05, 3.63) is 54.1 Å². The van der Waals surface area contributed by atoms with E-state index >= 15 is 0 Å². The molecule has 1 saturated heterocycles. The number of ether oxygens (including phenoxy) is 1. The maximum atomic E-state index is 12.0. The van der Waals surface area contributed by atoms with Gasteiger partial charge in [0, 0.05) is 25.1 Å². The van der Waals surface area contributed by atoms with Crippen LogP contribution in [-0.2, 0) is 16.6 Å². The van der Waals surface area contributed by atoms with E-state index < -0.39 is 0 Å². The highest BCUT2D eigenvalue weighted by Gasteiger charge is 2.41. The number of nitrogens with zero attached hydrogens (tertiary/aromatic N) is 3. The maximum Gasteiger partial charge on any atom is 0.325 e. The molecular weight excluding hydrogens is 324 g/mol. The van der Waals surface area contributed by atoms with Crippen molar-refractivity contribution in [1.82, 2.24) is 19.8 Å². The molecule has 1 aliphatic rings. The molecule has 1 aliphatic heterocycles. The van der Waals surface area contributed by atoms with Gasteiger partial charge in [-0.15, -0.1) is 0 Å². The van der Waals surface area contributed by atoms with E-state index in [-0.39, 0.29) is 24.6 Å². The average molecular weight is 344 g/mol. The summed E-state index contributed by atoms with van der Waals surface area (Å²) in [5.74, 6) is -0.289. The fraction of sp³-hybridized carbons (Fsp3) is 0.353. The zero-order valence-corrected chi connectivity index (χ0v) is 14.5. The van der Waals surface area contributed by atoms with Gasteiger partial charge >= 0.3 is 5.97 Å². The van der Waals surface area contributed by atoms with Crippen LogP contribution >= 0.6 is 12.2 Å². The van der Waals surface area contributed by atoms with Gasteiger partial charge in [-0.2, -0.15) is 0 Å². The Morgan fingerprint density at radius 1 is 1.38 bits per heavy atom. The molecule has 3 rings (SSSR count). The van der Waals surface area contributed by atoms with Gasteiger partial charge in [0.05, 0.1) is 24.4 Å². The molecule has 1 fully saturated rings. The van der Waals surface area contributed by atoms with Gasteiger partial charge in [0.15, 0.2) is 5.11 Å². The van der Waals surface area contributed by atoms with Crippen molar-refractivity contribution in [2.45, 2.75) is 19.0 Å². The summed E-state index contributed by atoms with van der Waals surface area (Å²) in [4.78, 5) is 18.4. The zero-order chi connectivity index (χ0) is 17.1. The van der Waals surface area contributed by atoms with Gasteiger partial charge in [-0.1, -0.05) is 6.07 Å². The van der Waals surface area contributed by atoms with Gasteiger partial charge in [0.25, 0.3) is 0 Å². The van der Waals surface area contributed by atoms with E-state index in [2.05, 4.69) is 10.3 Å². The topological polar surface area (TPSA) is 59.4 Å². The van der Waals surface area contributed by atoms with Gasteiger partial charge in [-0.25, -0.2) is 0 Å². The minimum atomic E-state index is -0.289. The van der Waals surface area contributed by atoms with Crippen LogP contribution in [0.25, 0.3) is 0 Å². The zero-order valence-electron chi connectivity index (χ0n) is 13.7. The number of thiocarbonyl (C=S) groups is 1. The standard InChI is InChI=1S/C17H20N4O2S/c1-3-23-14(22)11-21-16(13-8-6-10-20(13)2)15(19-17(21)24)12-7-4-5-9-18-12/h4-10,15-16H,3,11H2,1-2H3,(H,19,24)/t15-,16-/m1/s1. The van der Waals surface area contributed by atoms with Crippen molar-refractivity contribution in [3.63, 3.8) is 0 Å². The molecule has 2 aromatic heterocycles. The summed E-state index contributed by atoms with van der Waals surface area (Å²) in [7, 11) is 1.98. The first-order valence-electron chi connectivity index (χ1n) is 7.86. The Hall–Kier alpha value is -2.41. The summed E-state index contributed by atoms with van der Waals surface area (Å²) in [5.41, 5.74) is 1.94. The summed E-state index contributed by atoms with van der Waals surface area (Å²) in [5, 5.41) is 3.84. The number of rotatable bonds is 5. The van der Waals surface area contributed by atoms with Crippen molar-refractivity contribution < 1.29 is 9.53 Å². The molecule has 2 aromatic rings. The molecule has 2 atom stereocenters. The van der Waals surface area contributed by atoms with E-state index in [1.807, 2.05) is 53.0 Å². The number of nitrogens with one attached hydrogen (secondary N) is 1. The van der Waals surface area contributed by atoms with Gasteiger partial charge in [0.1, 0.15) is 6.54 Å². The van der Waals surface area contributed by atoms with E-state index in [4.69, 9.17) is 17.0 Å². The summed E-state index contributed by atoms with van der Waals surface area (Å²) in [6, 6.07) is 9.56. The van der Waals surface area contributed by atoms with Gasteiger partial charge in [-0.05, 0) is 43.4 Å². The third kappa shape index (κ3) is 3.12. The second-order valence-corrected chi connectivity index (χ2v) is 5.99. The summed E-state index contributed by atoms with van der Waals surface area (Å²) < 4.78 is 7.13. The first kappa shape index (κ1) is 16.4. The molecule has 0 spiro atoms. The van der Waals surface area contributed by atoms with Crippen molar-refractivity contribution in [3.8, 4) is 0 Å². The number of hydrogen-bond donors (Lipinski definition) is 1. The number of esters is 1. The number of pyridine rings is 1. The third-order valence-corrected chi connectivity index (χ3v) is 4.44. The minimum absolute atomic E-state index is 0.110. The molecule has 0 unspecified atom stereocenters. The van der Waals surface area contributed by atoms with Gasteiger partial charge in [-0.3, -0.25) is 9.78 Å². The molecule has 0 radical (unpaired) electrons. The molecule has 0 amide bonds. The predicted octanol–water partition coefficient (Wildman–Crippen LogP) is 1.96. The van der Waals surface area contributed by atoms with Crippen LogP contribution in [0.4, 0.5) is 0 Å². The number of carbonyl (C=O) groups is 1. The molecule has 126 valence electrons. The van der Waals surface area contributed by atoms with Crippen LogP contribution in [0.2, 0.25) is 0 Å². The Balaban J connectivity index is 1.97. The highest BCUT2D eigenvalue weighted by molar-refractivity contribution is 7.80. The first-order valence-corrected chi connectivity index (χ1v) is 8.27. The highest BCUT2D eigenvalue weighted by atomic mass is 32.1. The quantitative estimate of drug-likeness (QED) is 0.661. The molecule has 0 aliphatic carbocycles. The highest BCUT2D eigenvalue weighted by Crippen LogP contribution is 2.38. The molecular formula is C17H20N4O2S. The summed E-state index contributed by atoms with van der Waals surface area (Å²) in [6.07, 6.45) is 3.74. The van der Waals surface area contributed by atoms with Gasteiger partial charge in [0.2, 0.25) is 0 Å². The van der Waals surface area contributed by atoms with Crippen molar-refractivity contribution in [2.24, 2.45) is 7.05 Å². The predicted molar refractivity (Wildman–Crippen MR) is 94.2 cm³/mol. The maximum absolute atomic E-state index is 12.0. The molecule has 0 aromatic carbocycles. The second-order valence-electron chi connectivity index (χ2n) is 5.60. The van der Waals surface area contributed by atoms with Gasteiger partial charge < -0.3 is 19.5 Å². The number of aryl methyl sites for hydroxylation is 1. The average Bonchev–Trinajstić information content (AvgIpc) is 3.12. The lowest BCUT2D eigenvalue weighted by atomic mass is 10.0. The van der Waals surface area contributed by atoms with Crippen molar-refractivity contribution in [1.29, 1.82) is 0 Å². The second kappa shape index (κ2) is 7.00. The first-order chi connectivity index (χ1) is 11.6. The number of carbonyl (C=O) groups excluding carboxylic acids is 1. The Bertz CT molecular complexity index is 731. The normalized spacial score (nSPS) is 20.1. The van der Waals surface area contributed by atoms with Crippen LogP contribution in [0.5, 0.6) is 0 Å². The lowest BCUT2D eigenvalue weighted by Gasteiger charge is -2.27. The van der Waals surface area contributed by atoms with E-state index in [1.54, 1.807) is 13.1 Å². The van der Waals surface area contributed by atoms with Crippen LogP contribution in [0.1, 0.15) is 30.4 Å². The minimum Gasteiger partial charge on any atom is -0.465 e. The largest absolute Gasteiger partial charge is 0.465 e. The Morgan fingerprint density at radius 2 is 2.21 bits per heavy atom. The van der Waals surface area contributed by atoms with E-state index in [9.17, 15) is 4.79 Å². The summed E-state index contributed by atoms with van der Waals surface area (Å²) >= 11 is 5.48. The molecule has 7 heteroatoms. The van der Waals surface area contributed by atoms with E-state index in [1.165, 1.54) is 0 Å². The molecule has 24 heavy (non-hydrogen) atoms. The van der Waals surface area contributed by atoms with E-state index in [0.717, 1.165) is 11.4 Å². The SMILES string of the molecule is CCOC(=O)CN1C(=S)N[C@H](c2ccccn2)[C@H]1c1cccn1C. The number of aromatic nitrogens is 2. The molecule has 3 heterocycles. The van der Waals surface area contributed by atoms with Crippen LogP contribution in [0.15, 0.2) is 42.7 Å². The van der Waals surface area contributed by atoms with Crippen LogP contribution in [0.3, 0.4) is 0 Å². The molecule has 0 saturated carbocycles. The fourth-order valence-corrected chi connectivity index (χ4v) is 3.33. The number of hydrogen-bond acceptors (Lipinski definition) is 4. The van der Waals surface area contributed by atoms with Crippen LogP contribution < -0.4 is 5.32 Å². The molecule has 6 nitrogen and oxygen atoms in total. The molecule has 1 N–H and O–H groups in total. The summed E-state index contributed by atoms with van der Waals surface area (Å²) in [6.45, 7) is 2.26. The Morgan fingerprint density at radius 3 is 2.83 bits per heavy atom. The smallest absolute Gasteiger partial charge is 0.325 e. The van der Waals surface area contributed by atoms with Crippen molar-refractivity contribution in [2.75, 3.05) is 13.2 Å². The molecule has 0 bridgehead atoms. The monoisotopic (exact) mass is 344 g/mol. The van der Waals surface area contributed by atoms with E-state index in [0.29, 0.717) is 11.7 Å². The fourth-order valence-electron chi connectivity index (χ4n) is 3.02. The van der Waals surface area contributed by atoms with Crippen LogP contribution in [-0.4, -0.2) is 38.7 Å². The Labute approximate surface area is 146 Å². The Kier molecular flexibility index (Phi) is 4.80. The van der Waals surface area contributed by atoms with Crippen LogP contribution in [0, 0.1) is 0 Å². The lowest BCUT2D eigenvalue weighted by Crippen LogP contribution is -2.35. The third-order valence-electron chi connectivity index (χ3n) is 4.09. The lowest BCUT2D eigenvalue weighted by molar-refractivity contribution is -0.143. The van der Waals surface area contributed by atoms with Crippen molar-refractivity contribution >= 4 is 23.3 Å².